The van der Waals surface area contributed by atoms with Crippen LogP contribution in [0.1, 0.15) is 46.4 Å². The van der Waals surface area contributed by atoms with Gasteiger partial charge in [0.25, 0.3) is 11.8 Å². The molecule has 164 valence electrons. The maximum absolute atomic E-state index is 13.4. The van der Waals surface area contributed by atoms with Crippen molar-refractivity contribution < 1.29 is 18.8 Å². The van der Waals surface area contributed by atoms with Crippen LogP contribution < -0.4 is 5.73 Å². The molecule has 0 radical (unpaired) electrons. The van der Waals surface area contributed by atoms with Crippen LogP contribution in [0.2, 0.25) is 0 Å². The molecule has 2 amide bonds. The molecule has 0 unspecified atom stereocenters. The number of hydrogen-bond donors (Lipinski definition) is 1. The molecule has 1 aliphatic heterocycles. The molecule has 0 spiro atoms. The Labute approximate surface area is 181 Å². The van der Waals surface area contributed by atoms with E-state index in [1.165, 1.54) is 18.2 Å². The van der Waals surface area contributed by atoms with E-state index in [4.69, 9.17) is 5.73 Å². The van der Waals surface area contributed by atoms with Crippen LogP contribution >= 0.6 is 0 Å². The van der Waals surface area contributed by atoms with Crippen molar-refractivity contribution >= 4 is 24.3 Å². The lowest BCUT2D eigenvalue weighted by molar-refractivity contribution is -0.131. The Morgan fingerprint density at radius 1 is 1.35 bits per heavy atom. The summed E-state index contributed by atoms with van der Waals surface area (Å²) < 4.78 is 13.4. The zero-order valence-electron chi connectivity index (χ0n) is 17.6. The highest BCUT2D eigenvalue weighted by Crippen LogP contribution is 2.28. The summed E-state index contributed by atoms with van der Waals surface area (Å²) in [7, 11) is 1.53. The van der Waals surface area contributed by atoms with Gasteiger partial charge in [-0.15, -0.1) is 0 Å². The molecule has 0 saturated heterocycles. The molecule has 3 rings (SSSR count). The maximum atomic E-state index is 13.4. The number of nitrogens with two attached hydrogens (primary N) is 1. The Kier molecular flexibility index (Phi) is 7.33. The van der Waals surface area contributed by atoms with Crippen molar-refractivity contribution in [2.45, 2.75) is 31.7 Å². The first-order valence-corrected chi connectivity index (χ1v) is 10.3. The molecule has 31 heavy (non-hydrogen) atoms. The highest BCUT2D eigenvalue weighted by molar-refractivity contribution is 6.13. The zero-order valence-corrected chi connectivity index (χ0v) is 17.6. The van der Waals surface area contributed by atoms with E-state index in [1.54, 1.807) is 24.3 Å². The number of hydrogen-bond acceptors (Lipinski definition) is 5. The molecular weight excluding hydrogens is 399 g/mol. The standard InChI is InChI=1S/C23H27FN4O3/c1-27(22(30)19-8-3-2-5-17(19)15-29)14-16(11-24)12-26-13-20-21(25)9-10-28(23(20)31)18-6-4-7-18/h2-3,5,8,11,13,15,18H,4,6-7,9-10,12,14,25H2,1H3/b16-11-,26-13?. The van der Waals surface area contributed by atoms with Crippen molar-refractivity contribution in [1.82, 2.24) is 9.80 Å². The largest absolute Gasteiger partial charge is 0.401 e. The van der Waals surface area contributed by atoms with E-state index in [-0.39, 0.29) is 41.7 Å². The Balaban J connectivity index is 1.62. The van der Waals surface area contributed by atoms with Gasteiger partial charge in [0.05, 0.1) is 24.0 Å². The van der Waals surface area contributed by atoms with E-state index in [2.05, 4.69) is 4.99 Å². The van der Waals surface area contributed by atoms with Crippen LogP contribution in [0, 0.1) is 0 Å². The average molecular weight is 426 g/mol. The van der Waals surface area contributed by atoms with Crippen molar-refractivity contribution in [3.8, 4) is 0 Å². The van der Waals surface area contributed by atoms with Gasteiger partial charge in [-0.3, -0.25) is 19.4 Å². The second kappa shape index (κ2) is 10.1. The van der Waals surface area contributed by atoms with Crippen molar-refractivity contribution in [1.29, 1.82) is 0 Å². The summed E-state index contributed by atoms with van der Waals surface area (Å²) in [6.45, 7) is 0.602. The average Bonchev–Trinajstić information content (AvgIpc) is 2.75. The summed E-state index contributed by atoms with van der Waals surface area (Å²) in [5.41, 5.74) is 7.67. The predicted octanol–water partition coefficient (Wildman–Crippen LogP) is 2.49. The van der Waals surface area contributed by atoms with Crippen LogP contribution in [0.3, 0.4) is 0 Å². The van der Waals surface area contributed by atoms with Crippen LogP contribution in [-0.4, -0.2) is 66.8 Å². The maximum Gasteiger partial charge on any atom is 0.257 e. The molecular formula is C23H27FN4O3. The van der Waals surface area contributed by atoms with Gasteiger partial charge < -0.3 is 15.5 Å². The van der Waals surface area contributed by atoms with Crippen molar-refractivity contribution in [3.63, 3.8) is 0 Å². The quantitative estimate of drug-likeness (QED) is 0.510. The molecule has 0 aromatic heterocycles. The lowest BCUT2D eigenvalue weighted by Crippen LogP contribution is -2.48. The van der Waals surface area contributed by atoms with Gasteiger partial charge in [-0.2, -0.15) is 0 Å². The summed E-state index contributed by atoms with van der Waals surface area (Å²) in [4.78, 5) is 43.9. The first-order valence-electron chi connectivity index (χ1n) is 10.3. The van der Waals surface area contributed by atoms with Crippen LogP contribution in [0.15, 0.2) is 52.4 Å². The van der Waals surface area contributed by atoms with Crippen LogP contribution in [0.25, 0.3) is 0 Å². The summed E-state index contributed by atoms with van der Waals surface area (Å²) >= 11 is 0. The van der Waals surface area contributed by atoms with E-state index in [0.29, 0.717) is 36.9 Å². The number of benzene rings is 1. The van der Waals surface area contributed by atoms with Gasteiger partial charge in [-0.25, -0.2) is 4.39 Å². The fraction of sp³-hybridized carbons (Fsp3) is 0.391. The molecule has 1 saturated carbocycles. The topological polar surface area (TPSA) is 96.1 Å². The number of amides is 2. The lowest BCUT2D eigenvalue weighted by Gasteiger charge is -2.40. The minimum Gasteiger partial charge on any atom is -0.401 e. The van der Waals surface area contributed by atoms with E-state index in [0.717, 1.165) is 19.3 Å². The van der Waals surface area contributed by atoms with Gasteiger partial charge in [-0.05, 0) is 30.9 Å². The Bertz CT molecular complexity index is 950. The lowest BCUT2D eigenvalue weighted by atomic mass is 9.89. The molecule has 2 aliphatic rings. The van der Waals surface area contributed by atoms with Crippen molar-refractivity contribution in [2.24, 2.45) is 10.7 Å². The molecule has 2 N–H and O–H groups in total. The van der Waals surface area contributed by atoms with Crippen LogP contribution in [0.5, 0.6) is 0 Å². The number of aliphatic imine (C=N–C) groups is 1. The van der Waals surface area contributed by atoms with Gasteiger partial charge in [0.15, 0.2) is 6.29 Å². The normalized spacial score (nSPS) is 17.8. The first kappa shape index (κ1) is 22.4. The number of nitrogens with zero attached hydrogens (tertiary/aromatic N) is 3. The smallest absolute Gasteiger partial charge is 0.257 e. The Hall–Kier alpha value is -3.29. The molecule has 1 aromatic rings. The second-order valence-corrected chi connectivity index (χ2v) is 7.88. The number of rotatable bonds is 8. The van der Waals surface area contributed by atoms with E-state index >= 15 is 0 Å². The molecule has 0 atom stereocenters. The zero-order chi connectivity index (χ0) is 22.4. The number of likely N-dealkylation sites (N-methyl/N-ethyl adjacent to an activating group) is 1. The molecule has 1 heterocycles. The van der Waals surface area contributed by atoms with Crippen molar-refractivity contribution in [3.05, 3.63) is 58.6 Å². The molecule has 0 bridgehead atoms. The second-order valence-electron chi connectivity index (χ2n) is 7.88. The molecule has 1 aliphatic carbocycles. The molecule has 1 fully saturated rings. The SMILES string of the molecule is CN(C/C(=C\F)CN=CC1=C(N)CCN(C2CCC2)C1=O)C(=O)c1ccccc1C=O. The monoisotopic (exact) mass is 426 g/mol. The summed E-state index contributed by atoms with van der Waals surface area (Å²) in [6, 6.07) is 6.71. The Morgan fingerprint density at radius 3 is 2.74 bits per heavy atom. The first-order chi connectivity index (χ1) is 15.0. The minimum absolute atomic E-state index is 0.00343. The van der Waals surface area contributed by atoms with Gasteiger partial charge >= 0.3 is 0 Å². The number of halogens is 1. The van der Waals surface area contributed by atoms with Crippen LogP contribution in [-0.2, 0) is 4.79 Å². The summed E-state index contributed by atoms with van der Waals surface area (Å²) in [6.07, 6.45) is 6.19. The van der Waals surface area contributed by atoms with Gasteiger partial charge in [0.1, 0.15) is 0 Å². The third-order valence-corrected chi connectivity index (χ3v) is 5.75. The minimum atomic E-state index is -0.392. The fourth-order valence-electron chi connectivity index (χ4n) is 3.70. The summed E-state index contributed by atoms with van der Waals surface area (Å²) in [5.74, 6) is -0.516. The fourth-order valence-corrected chi connectivity index (χ4v) is 3.70. The van der Waals surface area contributed by atoms with Gasteiger partial charge in [-0.1, -0.05) is 18.2 Å². The molecule has 1 aromatic carbocycles. The van der Waals surface area contributed by atoms with Gasteiger partial charge in [0, 0.05) is 50.1 Å². The third kappa shape index (κ3) is 5.07. The van der Waals surface area contributed by atoms with E-state index < -0.39 is 5.91 Å². The molecule has 7 nitrogen and oxygen atoms in total. The van der Waals surface area contributed by atoms with E-state index in [1.807, 2.05) is 4.90 Å². The third-order valence-electron chi connectivity index (χ3n) is 5.75. The Morgan fingerprint density at radius 2 is 2.10 bits per heavy atom. The highest BCUT2D eigenvalue weighted by atomic mass is 19.1. The number of aldehydes is 1. The van der Waals surface area contributed by atoms with E-state index in [9.17, 15) is 18.8 Å². The predicted molar refractivity (Wildman–Crippen MR) is 117 cm³/mol. The highest BCUT2D eigenvalue weighted by Gasteiger charge is 2.33. The number of carbonyl (C=O) groups excluding carboxylic acids is 3. The van der Waals surface area contributed by atoms with Gasteiger partial charge in [0.2, 0.25) is 0 Å². The number of carbonyl (C=O) groups is 3. The van der Waals surface area contributed by atoms with Crippen molar-refractivity contribution in [2.75, 3.05) is 26.7 Å². The molecule has 8 heteroatoms. The summed E-state index contributed by atoms with van der Waals surface area (Å²) in [5, 5.41) is 0. The van der Waals surface area contributed by atoms with Crippen LogP contribution in [0.4, 0.5) is 4.39 Å².